The van der Waals surface area contributed by atoms with Gasteiger partial charge in [0, 0.05) is 52.4 Å². The molecular weight excluding hydrogens is 322 g/mol. The summed E-state index contributed by atoms with van der Waals surface area (Å²) in [5.41, 5.74) is 4.46. The Hall–Kier alpha value is -1.59. The van der Waals surface area contributed by atoms with E-state index in [0.29, 0.717) is 6.04 Å². The minimum atomic E-state index is 0.264. The van der Waals surface area contributed by atoms with Crippen LogP contribution < -0.4 is 10.6 Å². The van der Waals surface area contributed by atoms with Crippen molar-refractivity contribution in [1.29, 1.82) is 0 Å². The standard InChI is InChI=1S/C21H33N5/c1-16(18-8-7-17-5-3-4-6-19(17)13-18)24-21(22-2)23-14-20-15-25-9-11-26(20)12-10-25/h7-8,13,16,20H,3-6,9-12,14-15H2,1-2H3,(H2,22,23,24). The van der Waals surface area contributed by atoms with E-state index in [1.165, 1.54) is 64.0 Å². The molecule has 5 heteroatoms. The van der Waals surface area contributed by atoms with Crippen LogP contribution >= 0.6 is 0 Å². The van der Waals surface area contributed by atoms with Gasteiger partial charge in [0.05, 0.1) is 6.04 Å². The Morgan fingerprint density at radius 3 is 2.62 bits per heavy atom. The van der Waals surface area contributed by atoms with Crippen molar-refractivity contribution in [2.45, 2.75) is 44.7 Å². The third kappa shape index (κ3) is 3.89. The molecule has 0 spiro atoms. The molecular formula is C21H33N5. The Bertz CT molecular complexity index is 648. The Morgan fingerprint density at radius 2 is 1.92 bits per heavy atom. The predicted molar refractivity (Wildman–Crippen MR) is 108 cm³/mol. The highest BCUT2D eigenvalue weighted by molar-refractivity contribution is 5.80. The maximum Gasteiger partial charge on any atom is 0.191 e. The normalized spacial score (nSPS) is 29.2. The van der Waals surface area contributed by atoms with Gasteiger partial charge >= 0.3 is 0 Å². The van der Waals surface area contributed by atoms with Crippen LogP contribution in [-0.4, -0.2) is 68.1 Å². The zero-order valence-electron chi connectivity index (χ0n) is 16.3. The third-order valence-corrected chi connectivity index (χ3v) is 6.35. The lowest BCUT2D eigenvalue weighted by Gasteiger charge is -2.47. The first kappa shape index (κ1) is 17.8. The largest absolute Gasteiger partial charge is 0.355 e. The molecule has 0 aromatic heterocycles. The molecule has 5 rings (SSSR count). The van der Waals surface area contributed by atoms with Crippen molar-refractivity contribution in [3.8, 4) is 0 Å². The van der Waals surface area contributed by atoms with Crippen LogP contribution in [0.5, 0.6) is 0 Å². The van der Waals surface area contributed by atoms with E-state index in [4.69, 9.17) is 0 Å². The summed E-state index contributed by atoms with van der Waals surface area (Å²) in [5, 5.41) is 7.14. The molecule has 142 valence electrons. The number of rotatable bonds is 4. The fraction of sp³-hybridized carbons (Fsp3) is 0.667. The van der Waals surface area contributed by atoms with E-state index in [0.717, 1.165) is 12.5 Å². The monoisotopic (exact) mass is 355 g/mol. The third-order valence-electron chi connectivity index (χ3n) is 6.35. The smallest absolute Gasteiger partial charge is 0.191 e. The molecule has 1 aliphatic carbocycles. The lowest BCUT2D eigenvalue weighted by atomic mass is 9.89. The fourth-order valence-electron chi connectivity index (χ4n) is 4.64. The summed E-state index contributed by atoms with van der Waals surface area (Å²) in [4.78, 5) is 9.65. The van der Waals surface area contributed by atoms with Gasteiger partial charge in [0.2, 0.25) is 0 Å². The van der Waals surface area contributed by atoms with E-state index >= 15 is 0 Å². The zero-order valence-corrected chi connectivity index (χ0v) is 16.3. The summed E-state index contributed by atoms with van der Waals surface area (Å²) >= 11 is 0. The number of aryl methyl sites for hydroxylation is 2. The summed E-state index contributed by atoms with van der Waals surface area (Å²) in [6.07, 6.45) is 5.15. The SMILES string of the molecule is CN=C(NCC1CN2CCN1CC2)NC(C)c1ccc2c(c1)CCCC2. The molecule has 1 aromatic rings. The molecule has 3 heterocycles. The Balaban J connectivity index is 1.33. The summed E-state index contributed by atoms with van der Waals surface area (Å²) in [6, 6.07) is 7.89. The highest BCUT2D eigenvalue weighted by Gasteiger charge is 2.31. The summed E-state index contributed by atoms with van der Waals surface area (Å²) in [6.45, 7) is 9.28. The van der Waals surface area contributed by atoms with Gasteiger partial charge in [-0.3, -0.25) is 14.8 Å². The van der Waals surface area contributed by atoms with Gasteiger partial charge in [-0.1, -0.05) is 18.2 Å². The first-order valence-corrected chi connectivity index (χ1v) is 10.3. The van der Waals surface area contributed by atoms with E-state index in [9.17, 15) is 0 Å². The predicted octanol–water partition coefficient (Wildman–Crippen LogP) is 1.79. The van der Waals surface area contributed by atoms with Crippen molar-refractivity contribution >= 4 is 5.96 Å². The van der Waals surface area contributed by atoms with Crippen LogP contribution in [0.3, 0.4) is 0 Å². The molecule has 3 fully saturated rings. The first-order valence-electron chi connectivity index (χ1n) is 10.3. The molecule has 1 aromatic carbocycles. The van der Waals surface area contributed by atoms with Gasteiger partial charge in [-0.05, 0) is 49.3 Å². The van der Waals surface area contributed by atoms with Crippen molar-refractivity contribution in [3.05, 3.63) is 34.9 Å². The number of hydrogen-bond donors (Lipinski definition) is 2. The van der Waals surface area contributed by atoms with E-state index in [2.05, 4.69) is 50.5 Å². The molecule has 3 aliphatic heterocycles. The van der Waals surface area contributed by atoms with Crippen molar-refractivity contribution < 1.29 is 0 Å². The van der Waals surface area contributed by atoms with Crippen LogP contribution in [-0.2, 0) is 12.8 Å². The van der Waals surface area contributed by atoms with E-state index in [-0.39, 0.29) is 6.04 Å². The second kappa shape index (κ2) is 7.97. The van der Waals surface area contributed by atoms with Gasteiger partial charge in [0.1, 0.15) is 0 Å². The van der Waals surface area contributed by atoms with Crippen molar-refractivity contribution in [2.24, 2.45) is 4.99 Å². The van der Waals surface area contributed by atoms with Gasteiger partial charge in [0.25, 0.3) is 0 Å². The van der Waals surface area contributed by atoms with E-state index < -0.39 is 0 Å². The molecule has 0 saturated carbocycles. The molecule has 2 atom stereocenters. The first-order chi connectivity index (χ1) is 12.7. The topological polar surface area (TPSA) is 42.9 Å². The minimum Gasteiger partial charge on any atom is -0.355 e. The van der Waals surface area contributed by atoms with Gasteiger partial charge in [-0.15, -0.1) is 0 Å². The summed E-state index contributed by atoms with van der Waals surface area (Å²) in [5.74, 6) is 0.910. The molecule has 3 saturated heterocycles. The number of guanidine groups is 1. The van der Waals surface area contributed by atoms with Gasteiger partial charge in [-0.2, -0.15) is 0 Å². The van der Waals surface area contributed by atoms with Crippen LogP contribution in [0.25, 0.3) is 0 Å². The average Bonchev–Trinajstić information content (AvgIpc) is 2.71. The molecule has 0 radical (unpaired) electrons. The fourth-order valence-corrected chi connectivity index (χ4v) is 4.64. The number of piperazine rings is 3. The zero-order chi connectivity index (χ0) is 17.9. The van der Waals surface area contributed by atoms with Gasteiger partial charge < -0.3 is 10.6 Å². The van der Waals surface area contributed by atoms with Gasteiger partial charge in [-0.25, -0.2) is 0 Å². The highest BCUT2D eigenvalue weighted by atomic mass is 15.4. The van der Waals surface area contributed by atoms with Gasteiger partial charge in [0.15, 0.2) is 5.96 Å². The lowest BCUT2D eigenvalue weighted by Crippen LogP contribution is -2.63. The molecule has 0 amide bonds. The van der Waals surface area contributed by atoms with Crippen LogP contribution in [0, 0.1) is 0 Å². The van der Waals surface area contributed by atoms with Crippen molar-refractivity contribution in [2.75, 3.05) is 46.3 Å². The van der Waals surface area contributed by atoms with Crippen LogP contribution in [0.2, 0.25) is 0 Å². The quantitative estimate of drug-likeness (QED) is 0.638. The lowest BCUT2D eigenvalue weighted by molar-refractivity contribution is 0.0154. The second-order valence-corrected chi connectivity index (χ2v) is 8.04. The molecule has 2 bridgehead atoms. The number of aliphatic imine (C=N–C) groups is 1. The minimum absolute atomic E-state index is 0.264. The second-order valence-electron chi connectivity index (χ2n) is 8.04. The molecule has 5 nitrogen and oxygen atoms in total. The van der Waals surface area contributed by atoms with Crippen LogP contribution in [0.15, 0.2) is 23.2 Å². The molecule has 26 heavy (non-hydrogen) atoms. The highest BCUT2D eigenvalue weighted by Crippen LogP contribution is 2.24. The summed E-state index contributed by atoms with van der Waals surface area (Å²) < 4.78 is 0. The van der Waals surface area contributed by atoms with Crippen LogP contribution in [0.4, 0.5) is 0 Å². The number of nitrogens with one attached hydrogen (secondary N) is 2. The Kier molecular flexibility index (Phi) is 5.46. The molecule has 4 aliphatic rings. The average molecular weight is 356 g/mol. The van der Waals surface area contributed by atoms with Crippen molar-refractivity contribution in [3.63, 3.8) is 0 Å². The van der Waals surface area contributed by atoms with Crippen LogP contribution in [0.1, 0.15) is 42.5 Å². The Labute approximate surface area is 157 Å². The Morgan fingerprint density at radius 1 is 1.15 bits per heavy atom. The number of hydrogen-bond acceptors (Lipinski definition) is 3. The number of benzene rings is 1. The molecule has 2 N–H and O–H groups in total. The van der Waals surface area contributed by atoms with Crippen molar-refractivity contribution in [1.82, 2.24) is 20.4 Å². The summed E-state index contributed by atoms with van der Waals surface area (Å²) in [7, 11) is 1.87. The number of nitrogens with zero attached hydrogens (tertiary/aromatic N) is 3. The maximum atomic E-state index is 4.45. The van der Waals surface area contributed by atoms with E-state index in [1.54, 1.807) is 11.1 Å². The molecule has 2 unspecified atom stereocenters. The number of fused-ring (bicyclic) bond motifs is 4. The van der Waals surface area contributed by atoms with E-state index in [1.807, 2.05) is 7.05 Å². The maximum absolute atomic E-state index is 4.45.